The number of benzene rings is 1. The lowest BCUT2D eigenvalue weighted by Gasteiger charge is -2.05. The minimum Gasteiger partial charge on any atom is -0.294 e. The summed E-state index contributed by atoms with van der Waals surface area (Å²) in [4.78, 5) is 15.8. The second-order valence-corrected chi connectivity index (χ2v) is 4.48. The van der Waals surface area contributed by atoms with Crippen molar-refractivity contribution in [1.82, 2.24) is 4.98 Å². The summed E-state index contributed by atoms with van der Waals surface area (Å²) in [7, 11) is 0. The van der Waals surface area contributed by atoms with Gasteiger partial charge in [-0.1, -0.05) is 18.2 Å². The van der Waals surface area contributed by atoms with Gasteiger partial charge in [0.15, 0.2) is 5.78 Å². The summed E-state index contributed by atoms with van der Waals surface area (Å²) in [5, 5.41) is 0. The van der Waals surface area contributed by atoms with E-state index in [2.05, 4.69) is 17.1 Å². The molecule has 17 heavy (non-hydrogen) atoms. The van der Waals surface area contributed by atoms with Gasteiger partial charge in [0.25, 0.3) is 0 Å². The standard InChI is InChI=1S/C15H13NO/c1-10-8-12(6-7-16-10)11-2-4-14-13(9-11)3-5-15(14)17/h2,4,6-9H,3,5H2,1H3. The number of rotatable bonds is 1. The first-order chi connectivity index (χ1) is 8.24. The van der Waals surface area contributed by atoms with Crippen LogP contribution in [0.5, 0.6) is 0 Å². The average Bonchev–Trinajstić information content (AvgIpc) is 2.71. The number of fused-ring (bicyclic) bond motifs is 1. The Morgan fingerprint density at radius 1 is 1.06 bits per heavy atom. The summed E-state index contributed by atoms with van der Waals surface area (Å²) in [5.41, 5.74) is 5.43. The van der Waals surface area contributed by atoms with Crippen molar-refractivity contribution in [2.45, 2.75) is 19.8 Å². The topological polar surface area (TPSA) is 30.0 Å². The Hall–Kier alpha value is -1.96. The van der Waals surface area contributed by atoms with Gasteiger partial charge in [-0.15, -0.1) is 0 Å². The smallest absolute Gasteiger partial charge is 0.163 e. The van der Waals surface area contributed by atoms with Gasteiger partial charge in [-0.05, 0) is 42.2 Å². The molecule has 0 unspecified atom stereocenters. The monoisotopic (exact) mass is 223 g/mol. The molecule has 0 saturated carbocycles. The number of ketones is 1. The number of pyridine rings is 1. The van der Waals surface area contributed by atoms with Crippen molar-refractivity contribution in [2.75, 3.05) is 0 Å². The Kier molecular flexibility index (Phi) is 2.29. The van der Waals surface area contributed by atoms with Gasteiger partial charge in [0.2, 0.25) is 0 Å². The number of hydrogen-bond acceptors (Lipinski definition) is 2. The Morgan fingerprint density at radius 3 is 2.71 bits per heavy atom. The molecule has 0 fully saturated rings. The summed E-state index contributed by atoms with van der Waals surface area (Å²) in [6, 6.07) is 10.2. The zero-order chi connectivity index (χ0) is 11.8. The minimum atomic E-state index is 0.275. The van der Waals surface area contributed by atoms with Crippen LogP contribution in [-0.2, 0) is 6.42 Å². The fraction of sp³-hybridized carbons (Fsp3) is 0.200. The number of hydrogen-bond donors (Lipinski definition) is 0. The third-order valence-electron chi connectivity index (χ3n) is 3.26. The molecule has 1 aromatic heterocycles. The number of nitrogens with zero attached hydrogens (tertiary/aromatic N) is 1. The van der Waals surface area contributed by atoms with Crippen molar-refractivity contribution in [3.8, 4) is 11.1 Å². The summed E-state index contributed by atoms with van der Waals surface area (Å²) in [6.07, 6.45) is 3.36. The second-order valence-electron chi connectivity index (χ2n) is 4.48. The van der Waals surface area contributed by atoms with Crippen LogP contribution in [0.3, 0.4) is 0 Å². The Bertz CT molecular complexity index is 602. The van der Waals surface area contributed by atoms with E-state index < -0.39 is 0 Å². The van der Waals surface area contributed by atoms with E-state index in [0.717, 1.165) is 17.7 Å². The van der Waals surface area contributed by atoms with E-state index >= 15 is 0 Å². The van der Waals surface area contributed by atoms with E-state index in [4.69, 9.17) is 0 Å². The average molecular weight is 223 g/mol. The van der Waals surface area contributed by atoms with Crippen molar-refractivity contribution in [3.63, 3.8) is 0 Å². The molecular weight excluding hydrogens is 210 g/mol. The molecule has 1 heterocycles. The molecule has 0 bridgehead atoms. The van der Waals surface area contributed by atoms with Crippen molar-refractivity contribution < 1.29 is 4.79 Å². The quantitative estimate of drug-likeness (QED) is 0.743. The molecule has 0 amide bonds. The molecule has 0 aliphatic heterocycles. The third-order valence-corrected chi connectivity index (χ3v) is 3.26. The summed E-state index contributed by atoms with van der Waals surface area (Å²) >= 11 is 0. The van der Waals surface area contributed by atoms with E-state index in [-0.39, 0.29) is 5.78 Å². The minimum absolute atomic E-state index is 0.275. The fourth-order valence-electron chi connectivity index (χ4n) is 2.36. The van der Waals surface area contributed by atoms with Gasteiger partial charge in [0, 0.05) is 23.9 Å². The van der Waals surface area contributed by atoms with Crippen LogP contribution in [0.25, 0.3) is 11.1 Å². The molecular formula is C15H13NO. The highest BCUT2D eigenvalue weighted by molar-refractivity contribution is 6.00. The Labute approximate surface area is 100 Å². The molecule has 0 spiro atoms. The lowest BCUT2D eigenvalue weighted by Crippen LogP contribution is -1.91. The Morgan fingerprint density at radius 2 is 1.88 bits per heavy atom. The highest BCUT2D eigenvalue weighted by atomic mass is 16.1. The van der Waals surface area contributed by atoms with Gasteiger partial charge in [-0.3, -0.25) is 9.78 Å². The lowest BCUT2D eigenvalue weighted by atomic mass is 10.0. The van der Waals surface area contributed by atoms with Crippen LogP contribution in [0.2, 0.25) is 0 Å². The number of Topliss-reactive ketones (excluding diaryl/α,β-unsaturated/α-hetero) is 1. The predicted octanol–water partition coefficient (Wildman–Crippen LogP) is 3.19. The van der Waals surface area contributed by atoms with Gasteiger partial charge in [-0.2, -0.15) is 0 Å². The van der Waals surface area contributed by atoms with Gasteiger partial charge in [-0.25, -0.2) is 0 Å². The van der Waals surface area contributed by atoms with Crippen LogP contribution < -0.4 is 0 Å². The molecule has 2 nitrogen and oxygen atoms in total. The van der Waals surface area contributed by atoms with Crippen LogP contribution >= 0.6 is 0 Å². The van der Waals surface area contributed by atoms with Gasteiger partial charge < -0.3 is 0 Å². The van der Waals surface area contributed by atoms with E-state index in [1.54, 1.807) is 0 Å². The molecule has 1 aliphatic rings. The molecule has 0 atom stereocenters. The SMILES string of the molecule is Cc1cc(-c2ccc3c(c2)CCC3=O)ccn1. The van der Waals surface area contributed by atoms with Gasteiger partial charge in [0.1, 0.15) is 0 Å². The molecule has 2 aromatic rings. The molecule has 0 N–H and O–H groups in total. The molecule has 2 heteroatoms. The second kappa shape index (κ2) is 3.81. The summed E-state index contributed by atoms with van der Waals surface area (Å²) in [5.74, 6) is 0.275. The third kappa shape index (κ3) is 1.76. The zero-order valence-electron chi connectivity index (χ0n) is 9.73. The van der Waals surface area contributed by atoms with Crippen molar-refractivity contribution in [1.29, 1.82) is 0 Å². The lowest BCUT2D eigenvalue weighted by molar-refractivity contribution is 0.0994. The van der Waals surface area contributed by atoms with E-state index in [0.29, 0.717) is 6.42 Å². The van der Waals surface area contributed by atoms with Crippen LogP contribution in [0.1, 0.15) is 28.0 Å². The van der Waals surface area contributed by atoms with E-state index in [1.807, 2.05) is 31.3 Å². The highest BCUT2D eigenvalue weighted by Gasteiger charge is 2.19. The van der Waals surface area contributed by atoms with Crippen LogP contribution in [0.4, 0.5) is 0 Å². The predicted molar refractivity (Wildman–Crippen MR) is 67.1 cm³/mol. The number of carbonyl (C=O) groups is 1. The maximum absolute atomic E-state index is 11.6. The first-order valence-electron chi connectivity index (χ1n) is 5.83. The van der Waals surface area contributed by atoms with Crippen LogP contribution in [0, 0.1) is 6.92 Å². The highest BCUT2D eigenvalue weighted by Crippen LogP contribution is 2.28. The van der Waals surface area contributed by atoms with Gasteiger partial charge in [0.05, 0.1) is 0 Å². The number of aromatic nitrogens is 1. The molecule has 0 radical (unpaired) electrons. The molecule has 3 rings (SSSR count). The summed E-state index contributed by atoms with van der Waals surface area (Å²) in [6.45, 7) is 1.99. The molecule has 0 saturated heterocycles. The molecule has 84 valence electrons. The largest absolute Gasteiger partial charge is 0.294 e. The maximum Gasteiger partial charge on any atom is 0.163 e. The van der Waals surface area contributed by atoms with Gasteiger partial charge >= 0.3 is 0 Å². The normalized spacial score (nSPS) is 13.8. The van der Waals surface area contributed by atoms with Crippen LogP contribution in [0.15, 0.2) is 36.5 Å². The zero-order valence-corrected chi connectivity index (χ0v) is 9.73. The fourth-order valence-corrected chi connectivity index (χ4v) is 2.36. The summed E-state index contributed by atoms with van der Waals surface area (Å²) < 4.78 is 0. The molecule has 1 aliphatic carbocycles. The van der Waals surface area contributed by atoms with E-state index in [9.17, 15) is 4.79 Å². The Balaban J connectivity index is 2.09. The maximum atomic E-state index is 11.6. The first kappa shape index (κ1) is 10.2. The number of carbonyl (C=O) groups excluding carboxylic acids is 1. The first-order valence-corrected chi connectivity index (χ1v) is 5.83. The van der Waals surface area contributed by atoms with Crippen molar-refractivity contribution in [3.05, 3.63) is 53.3 Å². The van der Waals surface area contributed by atoms with Crippen molar-refractivity contribution in [2.24, 2.45) is 0 Å². The number of aryl methyl sites for hydroxylation is 2. The molecule has 1 aromatic carbocycles. The van der Waals surface area contributed by atoms with Crippen molar-refractivity contribution >= 4 is 5.78 Å². The van der Waals surface area contributed by atoms with Crippen LogP contribution in [-0.4, -0.2) is 10.8 Å². The van der Waals surface area contributed by atoms with E-state index in [1.165, 1.54) is 16.7 Å².